The van der Waals surface area contributed by atoms with Crippen LogP contribution in [0.15, 0.2) is 12.2 Å². The monoisotopic (exact) mass is 264 g/mol. The Bertz CT molecular complexity index is 389. The zero-order valence-electron chi connectivity index (χ0n) is 11.7. The minimum absolute atomic E-state index is 0.251. The average Bonchev–Trinajstić information content (AvgIpc) is 3.05. The molecule has 19 heavy (non-hydrogen) atoms. The second kappa shape index (κ2) is 4.93. The van der Waals surface area contributed by atoms with E-state index in [4.69, 9.17) is 4.74 Å². The lowest BCUT2D eigenvalue weighted by Gasteiger charge is -2.31. The largest absolute Gasteiger partial charge is 0.462 e. The molecule has 3 rings (SSSR count). The Morgan fingerprint density at radius 1 is 1.21 bits per heavy atom. The standard InChI is InChI=1S/C16H24O3/c1-9(2)16(18)19-8-12-5-11-6-14(12)15-4-10(7-17)3-13(11)15/h10-15,17H,1,3-8H2,2H3. The van der Waals surface area contributed by atoms with E-state index in [9.17, 15) is 9.90 Å². The number of aliphatic hydroxyl groups is 1. The molecular formula is C16H24O3. The number of esters is 1. The van der Waals surface area contributed by atoms with Crippen LogP contribution < -0.4 is 0 Å². The van der Waals surface area contributed by atoms with E-state index < -0.39 is 0 Å². The SMILES string of the molecule is C=C(C)C(=O)OCC1CC2CC1C1CC(CO)CC21. The molecule has 0 aliphatic heterocycles. The van der Waals surface area contributed by atoms with E-state index in [-0.39, 0.29) is 5.97 Å². The van der Waals surface area contributed by atoms with Gasteiger partial charge in [-0.05, 0) is 68.1 Å². The summed E-state index contributed by atoms with van der Waals surface area (Å²) in [5.74, 6) is 3.99. The molecule has 3 aliphatic carbocycles. The third-order valence-corrected chi connectivity index (χ3v) is 5.74. The minimum Gasteiger partial charge on any atom is -0.462 e. The Labute approximate surface area is 115 Å². The maximum Gasteiger partial charge on any atom is 0.333 e. The van der Waals surface area contributed by atoms with Crippen LogP contribution in [0.3, 0.4) is 0 Å². The van der Waals surface area contributed by atoms with Gasteiger partial charge in [0.1, 0.15) is 0 Å². The predicted octanol–water partition coefficient (Wildman–Crippen LogP) is 2.40. The number of rotatable bonds is 4. The molecule has 0 radical (unpaired) electrons. The molecule has 3 nitrogen and oxygen atoms in total. The summed E-state index contributed by atoms with van der Waals surface area (Å²) in [6.45, 7) is 6.23. The van der Waals surface area contributed by atoms with Gasteiger partial charge in [0, 0.05) is 12.2 Å². The van der Waals surface area contributed by atoms with Gasteiger partial charge in [0.15, 0.2) is 0 Å². The molecule has 0 aromatic heterocycles. The van der Waals surface area contributed by atoms with Crippen LogP contribution >= 0.6 is 0 Å². The molecule has 0 saturated heterocycles. The molecule has 0 heterocycles. The van der Waals surface area contributed by atoms with Gasteiger partial charge in [0.05, 0.1) is 6.61 Å². The third kappa shape index (κ3) is 2.22. The van der Waals surface area contributed by atoms with Crippen molar-refractivity contribution in [3.8, 4) is 0 Å². The molecule has 1 N–H and O–H groups in total. The smallest absolute Gasteiger partial charge is 0.333 e. The van der Waals surface area contributed by atoms with E-state index in [1.165, 1.54) is 25.7 Å². The van der Waals surface area contributed by atoms with E-state index in [2.05, 4.69) is 6.58 Å². The van der Waals surface area contributed by atoms with E-state index in [0.717, 1.165) is 23.7 Å². The quantitative estimate of drug-likeness (QED) is 0.626. The molecule has 6 unspecified atom stereocenters. The van der Waals surface area contributed by atoms with Crippen LogP contribution in [0.4, 0.5) is 0 Å². The van der Waals surface area contributed by atoms with Crippen molar-refractivity contribution in [2.75, 3.05) is 13.2 Å². The molecule has 0 amide bonds. The summed E-state index contributed by atoms with van der Waals surface area (Å²) >= 11 is 0. The Hall–Kier alpha value is -0.830. The number of fused-ring (bicyclic) bond motifs is 5. The Balaban J connectivity index is 1.57. The molecular weight excluding hydrogens is 240 g/mol. The second-order valence-corrected chi connectivity index (χ2v) is 6.88. The summed E-state index contributed by atoms with van der Waals surface area (Å²) in [5.41, 5.74) is 0.488. The molecule has 106 valence electrons. The number of hydrogen-bond donors (Lipinski definition) is 1. The number of carbonyl (C=O) groups is 1. The van der Waals surface area contributed by atoms with E-state index >= 15 is 0 Å². The van der Waals surface area contributed by atoms with Crippen molar-refractivity contribution in [2.24, 2.45) is 35.5 Å². The fraction of sp³-hybridized carbons (Fsp3) is 0.812. The third-order valence-electron chi connectivity index (χ3n) is 5.74. The van der Waals surface area contributed by atoms with Gasteiger partial charge in [-0.1, -0.05) is 6.58 Å². The molecule has 0 aromatic rings. The van der Waals surface area contributed by atoms with Crippen molar-refractivity contribution >= 4 is 5.97 Å². The lowest BCUT2D eigenvalue weighted by atomic mass is 9.76. The Kier molecular flexibility index (Phi) is 3.42. The minimum atomic E-state index is -0.251. The van der Waals surface area contributed by atoms with Crippen LogP contribution in [0.5, 0.6) is 0 Å². The van der Waals surface area contributed by atoms with Crippen LogP contribution in [0.2, 0.25) is 0 Å². The summed E-state index contributed by atoms with van der Waals surface area (Å²) in [7, 11) is 0. The number of aliphatic hydroxyl groups excluding tert-OH is 1. The van der Waals surface area contributed by atoms with Gasteiger partial charge in [0.25, 0.3) is 0 Å². The van der Waals surface area contributed by atoms with Crippen LogP contribution in [-0.4, -0.2) is 24.3 Å². The van der Waals surface area contributed by atoms with Gasteiger partial charge in [-0.3, -0.25) is 0 Å². The normalized spacial score (nSPS) is 43.3. The van der Waals surface area contributed by atoms with Gasteiger partial charge in [0.2, 0.25) is 0 Å². The Morgan fingerprint density at radius 2 is 1.95 bits per heavy atom. The van der Waals surface area contributed by atoms with Crippen LogP contribution in [0, 0.1) is 35.5 Å². The first kappa shape index (κ1) is 13.2. The molecule has 3 aliphatic rings. The van der Waals surface area contributed by atoms with E-state index in [1.54, 1.807) is 6.92 Å². The summed E-state index contributed by atoms with van der Waals surface area (Å²) in [6.07, 6.45) is 4.95. The van der Waals surface area contributed by atoms with Crippen LogP contribution in [-0.2, 0) is 9.53 Å². The zero-order valence-corrected chi connectivity index (χ0v) is 11.7. The number of hydrogen-bond acceptors (Lipinski definition) is 3. The highest BCUT2D eigenvalue weighted by Gasteiger charge is 2.55. The van der Waals surface area contributed by atoms with Crippen LogP contribution in [0.1, 0.15) is 32.6 Å². The predicted molar refractivity (Wildman–Crippen MR) is 72.3 cm³/mol. The molecule has 0 aromatic carbocycles. The summed E-state index contributed by atoms with van der Waals surface area (Å²) in [6, 6.07) is 0. The van der Waals surface area contributed by atoms with Crippen molar-refractivity contribution in [3.05, 3.63) is 12.2 Å². The molecule has 3 fully saturated rings. The van der Waals surface area contributed by atoms with Crippen molar-refractivity contribution in [3.63, 3.8) is 0 Å². The zero-order chi connectivity index (χ0) is 13.6. The highest BCUT2D eigenvalue weighted by atomic mass is 16.5. The summed E-state index contributed by atoms with van der Waals surface area (Å²) in [4.78, 5) is 11.5. The van der Waals surface area contributed by atoms with Gasteiger partial charge >= 0.3 is 5.97 Å². The maximum absolute atomic E-state index is 11.5. The number of carbonyl (C=O) groups excluding carboxylic acids is 1. The van der Waals surface area contributed by atoms with E-state index in [0.29, 0.717) is 30.6 Å². The first-order valence-electron chi connectivity index (χ1n) is 7.53. The van der Waals surface area contributed by atoms with E-state index in [1.807, 2.05) is 0 Å². The maximum atomic E-state index is 11.5. The molecule has 2 bridgehead atoms. The summed E-state index contributed by atoms with van der Waals surface area (Å²) < 4.78 is 5.35. The van der Waals surface area contributed by atoms with Gasteiger partial charge in [-0.25, -0.2) is 4.79 Å². The topological polar surface area (TPSA) is 46.5 Å². The van der Waals surface area contributed by atoms with Crippen molar-refractivity contribution < 1.29 is 14.6 Å². The average molecular weight is 264 g/mol. The lowest BCUT2D eigenvalue weighted by molar-refractivity contribution is -0.141. The second-order valence-electron chi connectivity index (χ2n) is 6.88. The van der Waals surface area contributed by atoms with Gasteiger partial charge in [-0.2, -0.15) is 0 Å². The molecule has 3 saturated carbocycles. The highest BCUT2D eigenvalue weighted by Crippen LogP contribution is 2.62. The van der Waals surface area contributed by atoms with Crippen molar-refractivity contribution in [1.82, 2.24) is 0 Å². The van der Waals surface area contributed by atoms with Crippen molar-refractivity contribution in [2.45, 2.75) is 32.6 Å². The Morgan fingerprint density at radius 3 is 2.63 bits per heavy atom. The summed E-state index contributed by atoms with van der Waals surface area (Å²) in [5, 5.41) is 9.34. The molecule has 0 spiro atoms. The van der Waals surface area contributed by atoms with Crippen LogP contribution in [0.25, 0.3) is 0 Å². The highest BCUT2D eigenvalue weighted by molar-refractivity contribution is 5.86. The fourth-order valence-corrected chi connectivity index (χ4v) is 4.97. The molecule has 6 atom stereocenters. The first-order valence-corrected chi connectivity index (χ1v) is 7.53. The molecule has 3 heteroatoms. The van der Waals surface area contributed by atoms with Gasteiger partial charge in [-0.15, -0.1) is 0 Å². The van der Waals surface area contributed by atoms with Gasteiger partial charge < -0.3 is 9.84 Å². The number of ether oxygens (including phenoxy) is 1. The first-order chi connectivity index (χ1) is 9.10. The fourth-order valence-electron chi connectivity index (χ4n) is 4.97. The van der Waals surface area contributed by atoms with Crippen molar-refractivity contribution in [1.29, 1.82) is 0 Å². The lowest BCUT2D eigenvalue weighted by Crippen LogP contribution is -2.28.